The molecule has 0 N–H and O–H groups in total. The maximum absolute atomic E-state index is 14.4. The molecule has 1 aliphatic carbocycles. The highest BCUT2D eigenvalue weighted by molar-refractivity contribution is 7.89. The third kappa shape index (κ3) is 4.70. The molecule has 1 saturated heterocycles. The monoisotopic (exact) mass is 602 g/mol. The van der Waals surface area contributed by atoms with E-state index in [9.17, 15) is 35.2 Å². The zero-order chi connectivity index (χ0) is 29.9. The van der Waals surface area contributed by atoms with Crippen LogP contribution in [0.2, 0.25) is 0 Å². The van der Waals surface area contributed by atoms with Gasteiger partial charge >= 0.3 is 6.18 Å². The van der Waals surface area contributed by atoms with Gasteiger partial charge in [0.05, 0.1) is 27.8 Å². The van der Waals surface area contributed by atoms with Gasteiger partial charge in [-0.3, -0.25) is 9.78 Å². The highest BCUT2D eigenvalue weighted by atomic mass is 32.2. The Bertz CT molecular complexity index is 1780. The molecule has 0 unspecified atom stereocenters. The largest absolute Gasteiger partial charge is 0.419 e. The predicted molar refractivity (Wildman–Crippen MR) is 140 cm³/mol. The first kappa shape index (κ1) is 28.2. The van der Waals surface area contributed by atoms with Crippen LogP contribution in [0.5, 0.6) is 0 Å². The van der Waals surface area contributed by atoms with Crippen LogP contribution in [0, 0.1) is 23.0 Å². The van der Waals surface area contributed by atoms with Crippen LogP contribution in [0.4, 0.5) is 22.0 Å². The Labute approximate surface area is 237 Å². The van der Waals surface area contributed by atoms with E-state index in [2.05, 4.69) is 10.1 Å². The van der Waals surface area contributed by atoms with E-state index in [1.807, 2.05) is 0 Å². The second-order valence-electron chi connectivity index (χ2n) is 10.5. The Morgan fingerprint density at radius 3 is 2.45 bits per heavy atom. The standard InChI is InChI=1S/C29H23F5N4O3S/c30-20-4-6-21(7-5-20)38-26-13-19-10-12-37(42(40,41)22-8-9-23(24(31)14-22)29(32,33)34)17-28(19,15-18(26)16-36-38)27(39)25-3-1-2-11-35-25/h1-9,11,14,16,19H,10,12-13,15,17H2/t19-,28-/m0/s1. The number of hydrogen-bond donors (Lipinski definition) is 0. The average molecular weight is 603 g/mol. The maximum atomic E-state index is 14.4. The molecule has 2 aromatic heterocycles. The summed E-state index contributed by atoms with van der Waals surface area (Å²) in [7, 11) is -4.47. The summed E-state index contributed by atoms with van der Waals surface area (Å²) in [6, 6.07) is 12.1. The van der Waals surface area contributed by atoms with Crippen LogP contribution >= 0.6 is 0 Å². The summed E-state index contributed by atoms with van der Waals surface area (Å²) in [4.78, 5) is 17.7. The van der Waals surface area contributed by atoms with E-state index in [0.29, 0.717) is 29.8 Å². The maximum Gasteiger partial charge on any atom is 0.419 e. The molecule has 1 aliphatic heterocycles. The molecule has 4 aromatic rings. The van der Waals surface area contributed by atoms with Crippen LogP contribution in [0.15, 0.2) is 78.0 Å². The highest BCUT2D eigenvalue weighted by Gasteiger charge is 2.54. The molecular formula is C29H23F5N4O3S. The number of piperidine rings is 1. The molecule has 0 radical (unpaired) electrons. The number of nitrogens with zero attached hydrogens (tertiary/aromatic N) is 4. The Kier molecular flexibility index (Phi) is 6.76. The van der Waals surface area contributed by atoms with E-state index in [1.165, 1.54) is 18.3 Å². The van der Waals surface area contributed by atoms with E-state index in [0.717, 1.165) is 16.1 Å². The number of benzene rings is 2. The molecule has 0 bridgehead atoms. The molecule has 3 heterocycles. The van der Waals surface area contributed by atoms with Crippen molar-refractivity contribution in [1.29, 1.82) is 0 Å². The van der Waals surface area contributed by atoms with Crippen molar-refractivity contribution < 1.29 is 35.2 Å². The number of rotatable bonds is 5. The topological polar surface area (TPSA) is 85.2 Å². The lowest BCUT2D eigenvalue weighted by atomic mass is 9.60. The van der Waals surface area contributed by atoms with E-state index in [4.69, 9.17) is 0 Å². The minimum atomic E-state index is -4.98. The Balaban J connectivity index is 1.40. The minimum absolute atomic E-state index is 0.0348. The van der Waals surface area contributed by atoms with Crippen LogP contribution in [-0.4, -0.2) is 46.4 Å². The molecule has 0 spiro atoms. The second kappa shape index (κ2) is 10.1. The zero-order valence-electron chi connectivity index (χ0n) is 21.9. The minimum Gasteiger partial charge on any atom is -0.292 e. The normalized spacial score (nSPS) is 21.0. The number of hydrogen-bond acceptors (Lipinski definition) is 5. The van der Waals surface area contributed by atoms with Crippen molar-refractivity contribution in [2.75, 3.05) is 13.1 Å². The summed E-state index contributed by atoms with van der Waals surface area (Å²) < 4.78 is 97.2. The van der Waals surface area contributed by atoms with Crippen LogP contribution in [-0.2, 0) is 29.0 Å². The molecule has 1 fully saturated rings. The second-order valence-corrected chi connectivity index (χ2v) is 12.5. The van der Waals surface area contributed by atoms with Gasteiger partial charge in [-0.1, -0.05) is 6.07 Å². The number of halogens is 5. The average Bonchev–Trinajstić information content (AvgIpc) is 3.37. The van der Waals surface area contributed by atoms with Gasteiger partial charge in [-0.25, -0.2) is 21.9 Å². The van der Waals surface area contributed by atoms with Gasteiger partial charge in [0.25, 0.3) is 0 Å². The van der Waals surface area contributed by atoms with Gasteiger partial charge in [0, 0.05) is 25.0 Å². The van der Waals surface area contributed by atoms with Gasteiger partial charge in [0.1, 0.15) is 17.3 Å². The van der Waals surface area contributed by atoms with E-state index < -0.39 is 43.7 Å². The van der Waals surface area contributed by atoms with Crippen molar-refractivity contribution in [2.45, 2.75) is 30.3 Å². The van der Waals surface area contributed by atoms with Crippen molar-refractivity contribution in [3.8, 4) is 5.69 Å². The lowest BCUT2D eigenvalue weighted by Crippen LogP contribution is -2.57. The summed E-state index contributed by atoms with van der Waals surface area (Å²) in [6.45, 7) is -0.313. The number of aromatic nitrogens is 3. The molecular weight excluding hydrogens is 579 g/mol. The van der Waals surface area contributed by atoms with Gasteiger partial charge in [0.15, 0.2) is 5.78 Å². The fraction of sp³-hybridized carbons (Fsp3) is 0.276. The zero-order valence-corrected chi connectivity index (χ0v) is 22.7. The molecule has 2 aliphatic rings. The highest BCUT2D eigenvalue weighted by Crippen LogP contribution is 2.48. The van der Waals surface area contributed by atoms with E-state index >= 15 is 0 Å². The number of alkyl halides is 3. The van der Waals surface area contributed by atoms with Crippen molar-refractivity contribution in [3.63, 3.8) is 0 Å². The molecule has 7 nitrogen and oxygen atoms in total. The first-order chi connectivity index (χ1) is 19.9. The smallest absolute Gasteiger partial charge is 0.292 e. The van der Waals surface area contributed by atoms with E-state index in [1.54, 1.807) is 41.2 Å². The summed E-state index contributed by atoms with van der Waals surface area (Å²) >= 11 is 0. The summed E-state index contributed by atoms with van der Waals surface area (Å²) in [6.07, 6.45) is -1.19. The Morgan fingerprint density at radius 2 is 1.79 bits per heavy atom. The third-order valence-electron chi connectivity index (χ3n) is 8.17. The van der Waals surface area contributed by atoms with Crippen LogP contribution in [0.25, 0.3) is 5.69 Å². The molecule has 218 valence electrons. The van der Waals surface area contributed by atoms with Crippen LogP contribution < -0.4 is 0 Å². The fourth-order valence-corrected chi connectivity index (χ4v) is 7.61. The quantitative estimate of drug-likeness (QED) is 0.230. The third-order valence-corrected chi connectivity index (χ3v) is 10.0. The number of carbonyl (C=O) groups excluding carboxylic acids is 1. The van der Waals surface area contributed by atoms with Crippen molar-refractivity contribution in [2.24, 2.45) is 11.3 Å². The fourth-order valence-electron chi connectivity index (χ4n) is 6.08. The number of fused-ring (bicyclic) bond motifs is 2. The number of ketones is 1. The summed E-state index contributed by atoms with van der Waals surface area (Å²) in [5, 5.41) is 4.47. The molecule has 6 rings (SSSR count). The van der Waals surface area contributed by atoms with Gasteiger partial charge in [-0.15, -0.1) is 0 Å². The van der Waals surface area contributed by atoms with Crippen molar-refractivity contribution in [1.82, 2.24) is 19.1 Å². The summed E-state index contributed by atoms with van der Waals surface area (Å²) in [5.74, 6) is -2.81. The van der Waals surface area contributed by atoms with Crippen LogP contribution in [0.3, 0.4) is 0 Å². The predicted octanol–water partition coefficient (Wildman–Crippen LogP) is 5.24. The SMILES string of the molecule is O=C(c1ccccn1)[C@]12Cc3cnn(-c4ccc(F)cc4)c3C[C@@H]1CCN(S(=O)(=O)c1ccc(C(F)(F)F)c(F)c1)C2. The van der Waals surface area contributed by atoms with E-state index in [-0.39, 0.29) is 43.3 Å². The number of sulfonamides is 1. The molecule has 13 heteroatoms. The number of carbonyl (C=O) groups is 1. The Morgan fingerprint density at radius 1 is 1.02 bits per heavy atom. The molecule has 0 amide bonds. The Hall–Kier alpha value is -3.97. The summed E-state index contributed by atoms with van der Waals surface area (Å²) in [5.41, 5.74) is -0.535. The lowest BCUT2D eigenvalue weighted by molar-refractivity contribution is -0.140. The molecule has 42 heavy (non-hydrogen) atoms. The molecule has 0 saturated carbocycles. The lowest BCUT2D eigenvalue weighted by Gasteiger charge is -2.49. The van der Waals surface area contributed by atoms with Gasteiger partial charge in [-0.2, -0.15) is 22.6 Å². The van der Waals surface area contributed by atoms with Gasteiger partial charge in [-0.05, 0) is 85.3 Å². The first-order valence-corrected chi connectivity index (χ1v) is 14.5. The van der Waals surface area contributed by atoms with Gasteiger partial charge in [0.2, 0.25) is 10.0 Å². The number of pyridine rings is 1. The van der Waals surface area contributed by atoms with Crippen LogP contribution in [0.1, 0.15) is 33.7 Å². The molecule has 2 atom stereocenters. The number of Topliss-reactive ketones (excluding diaryl/α,β-unsaturated/α-hetero) is 1. The molecule has 2 aromatic carbocycles. The van der Waals surface area contributed by atoms with Crippen molar-refractivity contribution in [3.05, 3.63) is 107 Å². The first-order valence-electron chi connectivity index (χ1n) is 13.0. The van der Waals surface area contributed by atoms with Crippen molar-refractivity contribution >= 4 is 15.8 Å². The van der Waals surface area contributed by atoms with Gasteiger partial charge < -0.3 is 0 Å².